The van der Waals surface area contributed by atoms with Gasteiger partial charge in [-0.3, -0.25) is 4.18 Å². The van der Waals surface area contributed by atoms with Crippen LogP contribution in [0.5, 0.6) is 0 Å². The molecule has 0 bridgehead atoms. The molecule has 0 radical (unpaired) electrons. The van der Waals surface area contributed by atoms with Gasteiger partial charge in [0.25, 0.3) is 10.1 Å². The first-order valence-corrected chi connectivity index (χ1v) is 7.86. The van der Waals surface area contributed by atoms with Crippen LogP contribution in [-0.2, 0) is 23.8 Å². The van der Waals surface area contributed by atoms with E-state index in [1.54, 1.807) is 0 Å². The highest BCUT2D eigenvalue weighted by atomic mass is 32.2. The van der Waals surface area contributed by atoms with Crippen LogP contribution in [0.1, 0.15) is 32.6 Å². The lowest BCUT2D eigenvalue weighted by atomic mass is 9.86. The first-order chi connectivity index (χ1) is 7.89. The minimum Gasteiger partial charge on any atom is -0.347 e. The Morgan fingerprint density at radius 1 is 1.47 bits per heavy atom. The SMILES string of the molecule is CC1CCCC2(C1)OCC(COS(C)(=O)=O)O2. The van der Waals surface area contributed by atoms with Gasteiger partial charge in [-0.05, 0) is 12.3 Å². The van der Waals surface area contributed by atoms with Crippen molar-refractivity contribution in [1.82, 2.24) is 0 Å². The van der Waals surface area contributed by atoms with Crippen LogP contribution in [0.3, 0.4) is 0 Å². The standard InChI is InChI=1S/C11H20O5S/c1-9-4-3-5-11(6-9)14-7-10(16-11)8-15-17(2,12)13/h9-10H,3-8H2,1-2H3. The Morgan fingerprint density at radius 3 is 2.88 bits per heavy atom. The molecule has 1 saturated carbocycles. The third-order valence-corrected chi connectivity index (χ3v) is 3.86. The van der Waals surface area contributed by atoms with Crippen molar-refractivity contribution >= 4 is 10.1 Å². The molecule has 3 atom stereocenters. The van der Waals surface area contributed by atoms with E-state index < -0.39 is 15.9 Å². The van der Waals surface area contributed by atoms with E-state index in [1.807, 2.05) is 0 Å². The second-order valence-electron chi connectivity index (χ2n) is 5.15. The Labute approximate surface area is 103 Å². The largest absolute Gasteiger partial charge is 0.347 e. The molecule has 6 heteroatoms. The molecule has 1 heterocycles. The van der Waals surface area contributed by atoms with Crippen LogP contribution < -0.4 is 0 Å². The summed E-state index contributed by atoms with van der Waals surface area (Å²) < 4.78 is 38.1. The minimum absolute atomic E-state index is 0.0506. The van der Waals surface area contributed by atoms with E-state index in [1.165, 1.54) is 6.42 Å². The van der Waals surface area contributed by atoms with Gasteiger partial charge in [0, 0.05) is 12.8 Å². The van der Waals surface area contributed by atoms with Gasteiger partial charge in [0.1, 0.15) is 6.10 Å². The number of rotatable bonds is 3. The quantitative estimate of drug-likeness (QED) is 0.719. The van der Waals surface area contributed by atoms with Crippen molar-refractivity contribution in [2.75, 3.05) is 19.5 Å². The molecule has 17 heavy (non-hydrogen) atoms. The molecule has 2 fully saturated rings. The topological polar surface area (TPSA) is 61.8 Å². The van der Waals surface area contributed by atoms with E-state index in [9.17, 15) is 8.42 Å². The van der Waals surface area contributed by atoms with Gasteiger partial charge in [0.2, 0.25) is 0 Å². The molecule has 5 nitrogen and oxygen atoms in total. The first kappa shape index (κ1) is 13.3. The second kappa shape index (κ2) is 4.84. The zero-order chi connectivity index (χ0) is 12.5. The molecule has 0 aromatic heterocycles. The van der Waals surface area contributed by atoms with Crippen LogP contribution in [0.25, 0.3) is 0 Å². The van der Waals surface area contributed by atoms with Crippen LogP contribution in [0, 0.1) is 5.92 Å². The first-order valence-electron chi connectivity index (χ1n) is 6.05. The summed E-state index contributed by atoms with van der Waals surface area (Å²) in [5, 5.41) is 0. The Kier molecular flexibility index (Phi) is 3.77. The van der Waals surface area contributed by atoms with Crippen LogP contribution in [-0.4, -0.2) is 39.8 Å². The molecule has 2 aliphatic rings. The second-order valence-corrected chi connectivity index (χ2v) is 6.80. The Bertz CT molecular complexity index is 366. The lowest BCUT2D eigenvalue weighted by molar-refractivity contribution is -0.197. The van der Waals surface area contributed by atoms with Crippen molar-refractivity contribution in [2.24, 2.45) is 5.92 Å². The third-order valence-electron chi connectivity index (χ3n) is 3.30. The van der Waals surface area contributed by atoms with Crippen molar-refractivity contribution < 1.29 is 22.1 Å². The predicted octanol–water partition coefficient (Wildman–Crippen LogP) is 1.28. The Hall–Kier alpha value is -0.170. The van der Waals surface area contributed by atoms with Crippen molar-refractivity contribution in [3.8, 4) is 0 Å². The van der Waals surface area contributed by atoms with E-state index in [0.29, 0.717) is 12.5 Å². The Balaban J connectivity index is 1.86. The van der Waals surface area contributed by atoms with E-state index in [4.69, 9.17) is 13.7 Å². The van der Waals surface area contributed by atoms with Crippen molar-refractivity contribution in [3.05, 3.63) is 0 Å². The maximum atomic E-state index is 10.9. The lowest BCUT2D eigenvalue weighted by Crippen LogP contribution is -2.36. The molecule has 1 saturated heterocycles. The smallest absolute Gasteiger partial charge is 0.264 e. The van der Waals surface area contributed by atoms with Gasteiger partial charge < -0.3 is 9.47 Å². The highest BCUT2D eigenvalue weighted by Crippen LogP contribution is 2.40. The maximum Gasteiger partial charge on any atom is 0.264 e. The van der Waals surface area contributed by atoms with Crippen LogP contribution in [0.2, 0.25) is 0 Å². The highest BCUT2D eigenvalue weighted by Gasteiger charge is 2.44. The summed E-state index contributed by atoms with van der Waals surface area (Å²) in [6.45, 7) is 2.66. The Morgan fingerprint density at radius 2 is 2.24 bits per heavy atom. The normalized spacial score (nSPS) is 38.7. The number of ether oxygens (including phenoxy) is 2. The van der Waals surface area contributed by atoms with Crippen molar-refractivity contribution in [1.29, 1.82) is 0 Å². The van der Waals surface area contributed by atoms with E-state index in [0.717, 1.165) is 25.5 Å². The van der Waals surface area contributed by atoms with Crippen LogP contribution in [0.4, 0.5) is 0 Å². The molecule has 3 unspecified atom stereocenters. The molecule has 2 rings (SSSR count). The van der Waals surface area contributed by atoms with Gasteiger partial charge in [-0.15, -0.1) is 0 Å². The monoisotopic (exact) mass is 264 g/mol. The molecule has 0 N–H and O–H groups in total. The summed E-state index contributed by atoms with van der Waals surface area (Å²) in [5.74, 6) is 0.113. The van der Waals surface area contributed by atoms with Crippen LogP contribution in [0.15, 0.2) is 0 Å². The van der Waals surface area contributed by atoms with Crippen molar-refractivity contribution in [3.63, 3.8) is 0 Å². The molecule has 0 amide bonds. The molecule has 1 spiro atoms. The zero-order valence-electron chi connectivity index (χ0n) is 10.3. The number of hydrogen-bond acceptors (Lipinski definition) is 5. The fraction of sp³-hybridized carbons (Fsp3) is 1.00. The van der Waals surface area contributed by atoms with Gasteiger partial charge in [-0.1, -0.05) is 13.3 Å². The van der Waals surface area contributed by atoms with Crippen LogP contribution >= 0.6 is 0 Å². The average Bonchev–Trinajstić information content (AvgIpc) is 2.57. The summed E-state index contributed by atoms with van der Waals surface area (Å²) in [6.07, 6.45) is 4.87. The highest BCUT2D eigenvalue weighted by molar-refractivity contribution is 7.85. The fourth-order valence-electron chi connectivity index (χ4n) is 2.59. The van der Waals surface area contributed by atoms with Gasteiger partial charge in [-0.2, -0.15) is 8.42 Å². The lowest BCUT2D eigenvalue weighted by Gasteiger charge is -2.35. The summed E-state index contributed by atoms with van der Waals surface area (Å²) in [4.78, 5) is 0. The third kappa shape index (κ3) is 3.64. The average molecular weight is 264 g/mol. The van der Waals surface area contributed by atoms with E-state index in [-0.39, 0.29) is 12.7 Å². The van der Waals surface area contributed by atoms with E-state index >= 15 is 0 Å². The summed E-state index contributed by atoms with van der Waals surface area (Å²) in [5.41, 5.74) is 0. The molecule has 100 valence electrons. The van der Waals surface area contributed by atoms with Gasteiger partial charge >= 0.3 is 0 Å². The summed E-state index contributed by atoms with van der Waals surface area (Å²) in [7, 11) is -3.40. The predicted molar refractivity (Wildman–Crippen MR) is 62.0 cm³/mol. The zero-order valence-corrected chi connectivity index (χ0v) is 11.2. The molecule has 1 aliphatic heterocycles. The molecule has 0 aromatic carbocycles. The molecule has 1 aliphatic carbocycles. The van der Waals surface area contributed by atoms with Gasteiger partial charge in [0.05, 0.1) is 19.5 Å². The van der Waals surface area contributed by atoms with Gasteiger partial charge in [0.15, 0.2) is 5.79 Å². The minimum atomic E-state index is -3.40. The van der Waals surface area contributed by atoms with Gasteiger partial charge in [-0.25, -0.2) is 0 Å². The summed E-state index contributed by atoms with van der Waals surface area (Å²) >= 11 is 0. The fourth-order valence-corrected chi connectivity index (χ4v) is 2.99. The molecular weight excluding hydrogens is 244 g/mol. The van der Waals surface area contributed by atoms with Crippen molar-refractivity contribution in [2.45, 2.75) is 44.5 Å². The molecule has 0 aromatic rings. The number of hydrogen-bond donors (Lipinski definition) is 0. The summed E-state index contributed by atoms with van der Waals surface area (Å²) in [6, 6.07) is 0. The molecular formula is C11H20O5S. The maximum absolute atomic E-state index is 10.9. The van der Waals surface area contributed by atoms with E-state index in [2.05, 4.69) is 6.92 Å².